The number of hydrogen-bond donors (Lipinski definition) is 1. The van der Waals surface area contributed by atoms with Crippen LogP contribution >= 0.6 is 0 Å². The normalized spacial score (nSPS) is 11.3. The van der Waals surface area contributed by atoms with Gasteiger partial charge in [0.1, 0.15) is 18.1 Å². The average Bonchev–Trinajstić information content (AvgIpc) is 2.78. The largest absolute Gasteiger partial charge is 0.487 e. The maximum Gasteiger partial charge on any atom is 0.265 e. The lowest BCUT2D eigenvalue weighted by molar-refractivity contribution is -0.122. The quantitative estimate of drug-likeness (QED) is 0.478. The van der Waals surface area contributed by atoms with Gasteiger partial charge in [0, 0.05) is 0 Å². The molecule has 1 amide bonds. The van der Waals surface area contributed by atoms with Crippen LogP contribution in [0.5, 0.6) is 11.5 Å². The highest BCUT2D eigenvalue weighted by molar-refractivity contribution is 5.95. The van der Waals surface area contributed by atoms with E-state index in [4.69, 9.17) is 9.47 Å². The molecule has 4 heteroatoms. The number of para-hydroxylation sites is 2. The smallest absolute Gasteiger partial charge is 0.265 e. The van der Waals surface area contributed by atoms with Gasteiger partial charge in [-0.25, -0.2) is 0 Å². The molecule has 0 aliphatic rings. The zero-order chi connectivity index (χ0) is 20.5. The topological polar surface area (TPSA) is 47.6 Å². The van der Waals surface area contributed by atoms with Crippen molar-refractivity contribution in [3.05, 3.63) is 91.5 Å². The van der Waals surface area contributed by atoms with Gasteiger partial charge >= 0.3 is 0 Å². The molecule has 1 atom stereocenters. The molecule has 0 aliphatic carbocycles. The van der Waals surface area contributed by atoms with Crippen molar-refractivity contribution in [3.8, 4) is 22.6 Å². The summed E-state index contributed by atoms with van der Waals surface area (Å²) in [6.07, 6.45) is 1.60. The van der Waals surface area contributed by atoms with Gasteiger partial charge in [0.25, 0.3) is 5.91 Å². The van der Waals surface area contributed by atoms with Crippen molar-refractivity contribution in [3.63, 3.8) is 0 Å². The number of nitrogens with one attached hydrogen (secondary N) is 1. The van der Waals surface area contributed by atoms with Gasteiger partial charge in [-0.05, 0) is 41.8 Å². The number of amides is 1. The van der Waals surface area contributed by atoms with Gasteiger partial charge in [0.2, 0.25) is 0 Å². The zero-order valence-electron chi connectivity index (χ0n) is 16.5. The van der Waals surface area contributed by atoms with E-state index in [-0.39, 0.29) is 5.91 Å². The molecule has 0 radical (unpaired) electrons. The van der Waals surface area contributed by atoms with E-state index in [0.717, 1.165) is 11.1 Å². The van der Waals surface area contributed by atoms with Gasteiger partial charge in [0.05, 0.1) is 5.69 Å². The minimum Gasteiger partial charge on any atom is -0.487 e. The Kier molecular flexibility index (Phi) is 7.06. The monoisotopic (exact) mass is 387 g/mol. The summed E-state index contributed by atoms with van der Waals surface area (Å²) in [5.41, 5.74) is 2.85. The van der Waals surface area contributed by atoms with Crippen LogP contribution in [0.3, 0.4) is 0 Å². The van der Waals surface area contributed by atoms with Crippen molar-refractivity contribution in [1.82, 2.24) is 0 Å². The third-order valence-corrected chi connectivity index (χ3v) is 4.40. The second kappa shape index (κ2) is 10.1. The summed E-state index contributed by atoms with van der Waals surface area (Å²) >= 11 is 0. The Morgan fingerprint density at radius 2 is 1.62 bits per heavy atom. The van der Waals surface area contributed by atoms with E-state index in [0.29, 0.717) is 30.2 Å². The van der Waals surface area contributed by atoms with E-state index in [1.54, 1.807) is 12.1 Å². The number of ether oxygens (including phenoxy) is 2. The summed E-state index contributed by atoms with van der Waals surface area (Å²) in [6.45, 7) is 5.94. The molecule has 0 spiro atoms. The van der Waals surface area contributed by atoms with Crippen molar-refractivity contribution in [2.45, 2.75) is 19.4 Å². The number of hydrogen-bond acceptors (Lipinski definition) is 3. The Hall–Kier alpha value is -3.53. The molecule has 148 valence electrons. The van der Waals surface area contributed by atoms with Crippen LogP contribution in [0.4, 0.5) is 5.69 Å². The molecule has 3 aromatic rings. The van der Waals surface area contributed by atoms with Crippen LogP contribution in [0.25, 0.3) is 11.1 Å². The Morgan fingerprint density at radius 3 is 2.31 bits per heavy atom. The molecule has 29 heavy (non-hydrogen) atoms. The first-order valence-corrected chi connectivity index (χ1v) is 9.67. The van der Waals surface area contributed by atoms with Gasteiger partial charge in [-0.2, -0.15) is 0 Å². The van der Waals surface area contributed by atoms with Gasteiger partial charge in [-0.1, -0.05) is 74.2 Å². The molecule has 0 saturated carbocycles. The van der Waals surface area contributed by atoms with E-state index >= 15 is 0 Å². The fourth-order valence-corrected chi connectivity index (χ4v) is 2.90. The SMILES string of the molecule is C=CCOc1ccccc1NC(=O)C(CC)Oc1ccc(-c2ccccc2)cc1. The molecule has 0 heterocycles. The Labute approximate surface area is 171 Å². The van der Waals surface area contributed by atoms with Crippen LogP contribution in [0, 0.1) is 0 Å². The highest BCUT2D eigenvalue weighted by Gasteiger charge is 2.20. The molecule has 0 fully saturated rings. The summed E-state index contributed by atoms with van der Waals surface area (Å²) in [6, 6.07) is 25.2. The van der Waals surface area contributed by atoms with Gasteiger partial charge in [-0.15, -0.1) is 0 Å². The predicted molar refractivity (Wildman–Crippen MR) is 117 cm³/mol. The lowest BCUT2D eigenvalue weighted by Crippen LogP contribution is -2.32. The average molecular weight is 387 g/mol. The summed E-state index contributed by atoms with van der Waals surface area (Å²) in [5.74, 6) is 1.04. The van der Waals surface area contributed by atoms with Crippen LogP contribution in [0.15, 0.2) is 91.5 Å². The minimum absolute atomic E-state index is 0.214. The fraction of sp³-hybridized carbons (Fsp3) is 0.160. The summed E-state index contributed by atoms with van der Waals surface area (Å²) < 4.78 is 11.5. The van der Waals surface area contributed by atoms with Gasteiger partial charge < -0.3 is 14.8 Å². The number of rotatable bonds is 9. The van der Waals surface area contributed by atoms with E-state index in [1.807, 2.05) is 67.6 Å². The fourth-order valence-electron chi connectivity index (χ4n) is 2.90. The lowest BCUT2D eigenvalue weighted by Gasteiger charge is -2.19. The highest BCUT2D eigenvalue weighted by Crippen LogP contribution is 2.26. The second-order valence-electron chi connectivity index (χ2n) is 6.49. The first kappa shape index (κ1) is 20.2. The number of benzene rings is 3. The van der Waals surface area contributed by atoms with Crippen LogP contribution in [0.1, 0.15) is 13.3 Å². The number of carbonyl (C=O) groups is 1. The summed E-state index contributed by atoms with van der Waals surface area (Å²) in [5, 5.41) is 2.90. The standard InChI is InChI=1S/C25H25NO3/c1-3-18-28-24-13-9-8-12-22(24)26-25(27)23(4-2)29-21-16-14-20(15-17-21)19-10-6-5-7-11-19/h3,5-17,23H,1,4,18H2,2H3,(H,26,27). The van der Waals surface area contributed by atoms with Crippen molar-refractivity contribution >= 4 is 11.6 Å². The molecule has 0 bridgehead atoms. The summed E-state index contributed by atoms with van der Waals surface area (Å²) in [7, 11) is 0. The molecular formula is C25H25NO3. The van der Waals surface area contributed by atoms with Gasteiger partial charge in [-0.3, -0.25) is 4.79 Å². The maximum absolute atomic E-state index is 12.8. The molecule has 1 N–H and O–H groups in total. The predicted octanol–water partition coefficient (Wildman–Crippen LogP) is 5.71. The highest BCUT2D eigenvalue weighted by atomic mass is 16.5. The number of carbonyl (C=O) groups excluding carboxylic acids is 1. The second-order valence-corrected chi connectivity index (χ2v) is 6.49. The molecular weight excluding hydrogens is 362 g/mol. The van der Waals surface area contributed by atoms with E-state index in [9.17, 15) is 4.79 Å². The zero-order valence-corrected chi connectivity index (χ0v) is 16.5. The first-order valence-electron chi connectivity index (χ1n) is 9.67. The van der Waals surface area contributed by atoms with Crippen LogP contribution < -0.4 is 14.8 Å². The lowest BCUT2D eigenvalue weighted by atomic mass is 10.1. The molecule has 3 rings (SSSR count). The molecule has 0 aromatic heterocycles. The van der Waals surface area contributed by atoms with E-state index < -0.39 is 6.10 Å². The Bertz CT molecular complexity index is 936. The third-order valence-electron chi connectivity index (χ3n) is 4.40. The molecule has 0 aliphatic heterocycles. The Balaban J connectivity index is 1.67. The Morgan fingerprint density at radius 1 is 0.966 bits per heavy atom. The third kappa shape index (κ3) is 5.48. The molecule has 0 saturated heterocycles. The van der Waals surface area contributed by atoms with Crippen molar-refractivity contribution in [2.24, 2.45) is 0 Å². The van der Waals surface area contributed by atoms with Crippen LogP contribution in [0.2, 0.25) is 0 Å². The molecule has 3 aromatic carbocycles. The van der Waals surface area contributed by atoms with Crippen LogP contribution in [-0.2, 0) is 4.79 Å². The van der Waals surface area contributed by atoms with Crippen molar-refractivity contribution < 1.29 is 14.3 Å². The molecule has 4 nitrogen and oxygen atoms in total. The van der Waals surface area contributed by atoms with Crippen LogP contribution in [-0.4, -0.2) is 18.6 Å². The van der Waals surface area contributed by atoms with E-state index in [2.05, 4.69) is 24.0 Å². The number of anilines is 1. The van der Waals surface area contributed by atoms with E-state index in [1.165, 1.54) is 0 Å². The van der Waals surface area contributed by atoms with Crippen molar-refractivity contribution in [1.29, 1.82) is 0 Å². The van der Waals surface area contributed by atoms with Crippen molar-refractivity contribution in [2.75, 3.05) is 11.9 Å². The summed E-state index contributed by atoms with van der Waals surface area (Å²) in [4.78, 5) is 12.8. The first-order chi connectivity index (χ1) is 14.2. The minimum atomic E-state index is -0.606. The van der Waals surface area contributed by atoms with Gasteiger partial charge in [0.15, 0.2) is 6.10 Å². The maximum atomic E-state index is 12.8. The molecule has 1 unspecified atom stereocenters.